The number of fused-ring (bicyclic) bond motifs is 1. The van der Waals surface area contributed by atoms with Crippen LogP contribution in [0.3, 0.4) is 0 Å². The lowest BCUT2D eigenvalue weighted by atomic mass is 10.0. The van der Waals surface area contributed by atoms with Crippen LogP contribution < -0.4 is 5.73 Å². The summed E-state index contributed by atoms with van der Waals surface area (Å²) in [7, 11) is 2.24. The van der Waals surface area contributed by atoms with Gasteiger partial charge < -0.3 is 5.73 Å². The molecule has 0 aliphatic heterocycles. The van der Waals surface area contributed by atoms with Crippen molar-refractivity contribution in [3.8, 4) is 0 Å². The molecule has 2 N–H and O–H groups in total. The molecule has 0 saturated heterocycles. The number of aromatic nitrogens is 1. The number of nitrogens with two attached hydrogens (primary N) is 1. The molecule has 1 aliphatic rings. The molecule has 0 bridgehead atoms. The molecule has 3 heteroatoms. The van der Waals surface area contributed by atoms with Gasteiger partial charge in [0.15, 0.2) is 0 Å². The fraction of sp³-hybridized carbons (Fsp3) is 0.500. The van der Waals surface area contributed by atoms with E-state index in [9.17, 15) is 0 Å². The molecule has 1 saturated carbocycles. The van der Waals surface area contributed by atoms with Gasteiger partial charge >= 0.3 is 0 Å². The van der Waals surface area contributed by atoms with E-state index < -0.39 is 0 Å². The van der Waals surface area contributed by atoms with Crippen LogP contribution in [0.5, 0.6) is 0 Å². The summed E-state index contributed by atoms with van der Waals surface area (Å²) in [6.07, 6.45) is 3.87. The summed E-state index contributed by atoms with van der Waals surface area (Å²) in [5, 5.41) is 1.28. The van der Waals surface area contributed by atoms with Crippen LogP contribution in [0.4, 0.5) is 0 Å². The Morgan fingerprint density at radius 3 is 2.90 bits per heavy atom. The Kier molecular flexibility index (Phi) is 4.22. The summed E-state index contributed by atoms with van der Waals surface area (Å²) < 4.78 is 0. The molecule has 1 aromatic heterocycles. The van der Waals surface area contributed by atoms with Crippen LogP contribution in [0.25, 0.3) is 10.9 Å². The standard InChI is InChI=1S/C18H25N3/c1-13-10-15(16-7-3-4-8-17(16)20-13)12-21(2)18-9-5-6-14(18)11-19/h3-4,7-8,10,14,18H,5-6,9,11-12,19H2,1-2H3. The lowest BCUT2D eigenvalue weighted by molar-refractivity contribution is 0.193. The van der Waals surface area contributed by atoms with Gasteiger partial charge in [-0.2, -0.15) is 0 Å². The van der Waals surface area contributed by atoms with Gasteiger partial charge in [0.05, 0.1) is 5.52 Å². The SMILES string of the molecule is Cc1cc(CN(C)C2CCCC2CN)c2ccccc2n1. The zero-order valence-corrected chi connectivity index (χ0v) is 13.0. The van der Waals surface area contributed by atoms with Gasteiger partial charge in [-0.25, -0.2) is 0 Å². The maximum absolute atomic E-state index is 5.93. The number of aryl methyl sites for hydroxylation is 1. The Bertz CT molecular complexity index is 623. The predicted molar refractivity (Wildman–Crippen MR) is 88.1 cm³/mol. The topological polar surface area (TPSA) is 42.1 Å². The summed E-state index contributed by atoms with van der Waals surface area (Å²) in [5.74, 6) is 0.657. The first-order chi connectivity index (χ1) is 10.2. The molecule has 2 atom stereocenters. The highest BCUT2D eigenvalue weighted by Crippen LogP contribution is 2.30. The lowest BCUT2D eigenvalue weighted by Gasteiger charge is -2.29. The number of para-hydroxylation sites is 1. The third-order valence-corrected chi connectivity index (χ3v) is 4.84. The van der Waals surface area contributed by atoms with Crippen molar-refractivity contribution < 1.29 is 0 Å². The molecular formula is C18H25N3. The lowest BCUT2D eigenvalue weighted by Crippen LogP contribution is -2.37. The highest BCUT2D eigenvalue weighted by atomic mass is 15.1. The second-order valence-corrected chi connectivity index (χ2v) is 6.35. The third-order valence-electron chi connectivity index (χ3n) is 4.84. The third kappa shape index (κ3) is 2.94. The molecule has 2 unspecified atom stereocenters. The van der Waals surface area contributed by atoms with Gasteiger partial charge in [0.25, 0.3) is 0 Å². The van der Waals surface area contributed by atoms with Crippen molar-refractivity contribution in [3.63, 3.8) is 0 Å². The van der Waals surface area contributed by atoms with E-state index in [0.717, 1.165) is 24.3 Å². The van der Waals surface area contributed by atoms with Gasteiger partial charge in [-0.3, -0.25) is 9.88 Å². The molecule has 0 amide bonds. The maximum atomic E-state index is 5.93. The number of pyridine rings is 1. The number of rotatable bonds is 4. The van der Waals surface area contributed by atoms with E-state index in [1.807, 2.05) is 0 Å². The van der Waals surface area contributed by atoms with E-state index in [1.54, 1.807) is 0 Å². The van der Waals surface area contributed by atoms with E-state index in [4.69, 9.17) is 5.73 Å². The molecule has 21 heavy (non-hydrogen) atoms. The zero-order chi connectivity index (χ0) is 14.8. The van der Waals surface area contributed by atoms with Gasteiger partial charge in [-0.1, -0.05) is 24.6 Å². The van der Waals surface area contributed by atoms with Crippen molar-refractivity contribution in [2.24, 2.45) is 11.7 Å². The molecule has 0 radical (unpaired) electrons. The predicted octanol–water partition coefficient (Wildman–Crippen LogP) is 3.10. The molecule has 3 rings (SSSR count). The molecule has 1 aromatic carbocycles. The van der Waals surface area contributed by atoms with Gasteiger partial charge in [0.1, 0.15) is 0 Å². The van der Waals surface area contributed by atoms with Crippen molar-refractivity contribution in [1.29, 1.82) is 0 Å². The first kappa shape index (κ1) is 14.5. The summed E-state index contributed by atoms with van der Waals surface area (Å²) >= 11 is 0. The number of hydrogen-bond acceptors (Lipinski definition) is 3. The minimum atomic E-state index is 0.627. The van der Waals surface area contributed by atoms with Gasteiger partial charge in [-0.05, 0) is 57.0 Å². The quantitative estimate of drug-likeness (QED) is 0.937. The minimum absolute atomic E-state index is 0.627. The van der Waals surface area contributed by atoms with Gasteiger partial charge in [-0.15, -0.1) is 0 Å². The van der Waals surface area contributed by atoms with Crippen molar-refractivity contribution in [2.45, 2.75) is 38.8 Å². The maximum Gasteiger partial charge on any atom is 0.0708 e. The zero-order valence-electron chi connectivity index (χ0n) is 13.0. The molecule has 1 fully saturated rings. The Morgan fingerprint density at radius 2 is 2.10 bits per heavy atom. The average Bonchev–Trinajstić information content (AvgIpc) is 2.95. The monoisotopic (exact) mass is 283 g/mol. The second kappa shape index (κ2) is 6.12. The number of hydrogen-bond donors (Lipinski definition) is 1. The highest BCUT2D eigenvalue weighted by Gasteiger charge is 2.29. The first-order valence-electron chi connectivity index (χ1n) is 7.94. The van der Waals surface area contributed by atoms with Crippen molar-refractivity contribution >= 4 is 10.9 Å². The number of benzene rings is 1. The van der Waals surface area contributed by atoms with Crippen molar-refractivity contribution in [2.75, 3.05) is 13.6 Å². The van der Waals surface area contributed by atoms with Crippen molar-refractivity contribution in [1.82, 2.24) is 9.88 Å². The van der Waals surface area contributed by atoms with E-state index >= 15 is 0 Å². The van der Waals surface area contributed by atoms with Crippen LogP contribution in [-0.2, 0) is 6.54 Å². The van der Waals surface area contributed by atoms with Crippen LogP contribution >= 0.6 is 0 Å². The Hall–Kier alpha value is -1.45. The fourth-order valence-corrected chi connectivity index (χ4v) is 3.78. The Labute approximate surface area is 127 Å². The van der Waals surface area contributed by atoms with Gasteiger partial charge in [0.2, 0.25) is 0 Å². The summed E-state index contributed by atoms with van der Waals surface area (Å²) in [5.41, 5.74) is 9.51. The highest BCUT2D eigenvalue weighted by molar-refractivity contribution is 5.82. The Balaban J connectivity index is 1.87. The average molecular weight is 283 g/mol. The number of nitrogens with zero attached hydrogens (tertiary/aromatic N) is 2. The summed E-state index contributed by atoms with van der Waals surface area (Å²) in [6, 6.07) is 11.3. The molecule has 112 valence electrons. The molecule has 0 spiro atoms. The molecule has 1 heterocycles. The largest absolute Gasteiger partial charge is 0.330 e. The van der Waals surface area contributed by atoms with Crippen LogP contribution in [0.1, 0.15) is 30.5 Å². The molecule has 1 aliphatic carbocycles. The van der Waals surface area contributed by atoms with E-state index in [-0.39, 0.29) is 0 Å². The van der Waals surface area contributed by atoms with E-state index in [1.165, 1.54) is 30.2 Å². The second-order valence-electron chi connectivity index (χ2n) is 6.35. The Morgan fingerprint density at radius 1 is 1.29 bits per heavy atom. The van der Waals surface area contributed by atoms with Crippen LogP contribution in [-0.4, -0.2) is 29.5 Å². The first-order valence-corrected chi connectivity index (χ1v) is 7.94. The van der Waals surface area contributed by atoms with Crippen LogP contribution in [0, 0.1) is 12.8 Å². The van der Waals surface area contributed by atoms with Crippen molar-refractivity contribution in [3.05, 3.63) is 41.6 Å². The van der Waals surface area contributed by atoms with Crippen LogP contribution in [0.2, 0.25) is 0 Å². The molecular weight excluding hydrogens is 258 g/mol. The fourth-order valence-electron chi connectivity index (χ4n) is 3.78. The normalized spacial score (nSPS) is 22.3. The summed E-state index contributed by atoms with van der Waals surface area (Å²) in [6.45, 7) is 3.87. The van der Waals surface area contributed by atoms with E-state index in [2.05, 4.69) is 54.2 Å². The smallest absolute Gasteiger partial charge is 0.0708 e. The molecule has 2 aromatic rings. The molecule has 3 nitrogen and oxygen atoms in total. The van der Waals surface area contributed by atoms with E-state index in [0.29, 0.717) is 12.0 Å². The van der Waals surface area contributed by atoms with Gasteiger partial charge in [0, 0.05) is 23.7 Å². The summed E-state index contributed by atoms with van der Waals surface area (Å²) in [4.78, 5) is 7.13. The van der Waals surface area contributed by atoms with Crippen LogP contribution in [0.15, 0.2) is 30.3 Å². The minimum Gasteiger partial charge on any atom is -0.330 e.